The Balaban J connectivity index is 2.58. The van der Waals surface area contributed by atoms with Crippen LogP contribution in [0.5, 0.6) is 0 Å². The van der Waals surface area contributed by atoms with Crippen molar-refractivity contribution in [2.45, 2.75) is 60.4 Å². The lowest BCUT2D eigenvalue weighted by Crippen LogP contribution is -2.48. The first-order valence-electron chi connectivity index (χ1n) is 6.10. The number of rotatable bonds is 3. The average molecular weight is 214 g/mol. The first-order valence-corrected chi connectivity index (χ1v) is 6.10. The molecule has 1 aliphatic heterocycles. The molecule has 2 heteroatoms. The van der Waals surface area contributed by atoms with Crippen molar-refractivity contribution in [1.29, 1.82) is 0 Å². The third kappa shape index (κ3) is 3.46. The Hall–Kier alpha value is -0.0800. The molecule has 0 N–H and O–H groups in total. The van der Waals surface area contributed by atoms with Crippen molar-refractivity contribution in [3.8, 4) is 0 Å². The second-order valence-electron chi connectivity index (χ2n) is 6.16. The van der Waals surface area contributed by atoms with Crippen LogP contribution in [0, 0.1) is 17.3 Å². The molecule has 1 heterocycles. The maximum atomic E-state index is 6.05. The molecule has 2 nitrogen and oxygen atoms in total. The summed E-state index contributed by atoms with van der Waals surface area (Å²) < 4.78 is 11.8. The molecule has 0 aliphatic carbocycles. The smallest absolute Gasteiger partial charge is 0.158 e. The number of hydrogen-bond donors (Lipinski definition) is 0. The minimum absolute atomic E-state index is 0.00502. The SMILES string of the molecule is CC(C)CC1OCC(C)(C)C(C(C)C)O1. The first-order chi connectivity index (χ1) is 6.83. The summed E-state index contributed by atoms with van der Waals surface area (Å²) in [5, 5.41) is 0. The van der Waals surface area contributed by atoms with Crippen LogP contribution in [0.15, 0.2) is 0 Å². The van der Waals surface area contributed by atoms with E-state index in [9.17, 15) is 0 Å². The summed E-state index contributed by atoms with van der Waals surface area (Å²) >= 11 is 0. The quantitative estimate of drug-likeness (QED) is 0.716. The van der Waals surface area contributed by atoms with Gasteiger partial charge in [0.1, 0.15) is 0 Å². The third-order valence-electron chi connectivity index (χ3n) is 2.98. The van der Waals surface area contributed by atoms with Crippen molar-refractivity contribution in [3.05, 3.63) is 0 Å². The fourth-order valence-electron chi connectivity index (χ4n) is 2.34. The van der Waals surface area contributed by atoms with E-state index in [0.29, 0.717) is 17.9 Å². The van der Waals surface area contributed by atoms with Gasteiger partial charge in [0.25, 0.3) is 0 Å². The highest BCUT2D eigenvalue weighted by atomic mass is 16.7. The van der Waals surface area contributed by atoms with E-state index in [1.165, 1.54) is 0 Å². The van der Waals surface area contributed by atoms with Crippen LogP contribution < -0.4 is 0 Å². The van der Waals surface area contributed by atoms with E-state index in [0.717, 1.165) is 13.0 Å². The van der Waals surface area contributed by atoms with Gasteiger partial charge in [-0.2, -0.15) is 0 Å². The van der Waals surface area contributed by atoms with Crippen LogP contribution in [-0.2, 0) is 9.47 Å². The van der Waals surface area contributed by atoms with Crippen molar-refractivity contribution >= 4 is 0 Å². The standard InChI is InChI=1S/C13H26O2/c1-9(2)7-11-14-8-13(5,6)12(15-11)10(3)4/h9-12H,7-8H2,1-6H3. The maximum Gasteiger partial charge on any atom is 0.158 e. The van der Waals surface area contributed by atoms with Crippen LogP contribution >= 0.6 is 0 Å². The zero-order valence-electron chi connectivity index (χ0n) is 11.0. The van der Waals surface area contributed by atoms with E-state index in [2.05, 4.69) is 41.5 Å². The van der Waals surface area contributed by atoms with E-state index >= 15 is 0 Å². The van der Waals surface area contributed by atoms with Gasteiger partial charge >= 0.3 is 0 Å². The van der Waals surface area contributed by atoms with E-state index in [1.54, 1.807) is 0 Å². The van der Waals surface area contributed by atoms with Crippen LogP contribution in [0.2, 0.25) is 0 Å². The highest BCUT2D eigenvalue weighted by Crippen LogP contribution is 2.35. The van der Waals surface area contributed by atoms with E-state index < -0.39 is 0 Å². The summed E-state index contributed by atoms with van der Waals surface area (Å²) in [6.45, 7) is 14.1. The van der Waals surface area contributed by atoms with Crippen LogP contribution in [0.3, 0.4) is 0 Å². The molecule has 1 aliphatic rings. The normalized spacial score (nSPS) is 31.2. The van der Waals surface area contributed by atoms with Gasteiger partial charge in [-0.25, -0.2) is 0 Å². The molecule has 0 spiro atoms. The fraction of sp³-hybridized carbons (Fsp3) is 1.00. The number of ether oxygens (including phenoxy) is 2. The van der Waals surface area contributed by atoms with Crippen molar-refractivity contribution in [1.82, 2.24) is 0 Å². The van der Waals surface area contributed by atoms with Gasteiger partial charge < -0.3 is 9.47 Å². The minimum Gasteiger partial charge on any atom is -0.352 e. The van der Waals surface area contributed by atoms with Crippen molar-refractivity contribution in [2.24, 2.45) is 17.3 Å². The van der Waals surface area contributed by atoms with Crippen LogP contribution in [0.1, 0.15) is 48.0 Å². The second-order valence-corrected chi connectivity index (χ2v) is 6.16. The average Bonchev–Trinajstić information content (AvgIpc) is 2.06. The molecule has 0 amide bonds. The predicted octanol–water partition coefficient (Wildman–Crippen LogP) is 3.46. The fourth-order valence-corrected chi connectivity index (χ4v) is 2.34. The molecular weight excluding hydrogens is 188 g/mol. The molecule has 0 bridgehead atoms. The molecule has 1 fully saturated rings. The van der Waals surface area contributed by atoms with E-state index in [-0.39, 0.29) is 11.7 Å². The third-order valence-corrected chi connectivity index (χ3v) is 2.98. The van der Waals surface area contributed by atoms with Gasteiger partial charge in [0.2, 0.25) is 0 Å². The molecule has 0 aromatic heterocycles. The second kappa shape index (κ2) is 4.84. The lowest BCUT2D eigenvalue weighted by atomic mass is 9.80. The van der Waals surface area contributed by atoms with E-state index in [1.807, 2.05) is 0 Å². The Kier molecular flexibility index (Phi) is 4.19. The van der Waals surface area contributed by atoms with E-state index in [4.69, 9.17) is 9.47 Å². The summed E-state index contributed by atoms with van der Waals surface area (Å²) in [5.41, 5.74) is 0.141. The Labute approximate surface area is 94.3 Å². The Bertz CT molecular complexity index is 197. The summed E-state index contributed by atoms with van der Waals surface area (Å²) in [4.78, 5) is 0. The van der Waals surface area contributed by atoms with Crippen LogP contribution in [-0.4, -0.2) is 19.0 Å². The maximum absolute atomic E-state index is 6.05. The Morgan fingerprint density at radius 1 is 1.20 bits per heavy atom. The summed E-state index contributed by atoms with van der Waals surface area (Å²) in [5.74, 6) is 1.18. The molecule has 0 radical (unpaired) electrons. The van der Waals surface area contributed by atoms with Crippen molar-refractivity contribution in [3.63, 3.8) is 0 Å². The first kappa shape index (κ1) is 13.0. The van der Waals surface area contributed by atoms with Gasteiger partial charge in [0.05, 0.1) is 12.7 Å². The van der Waals surface area contributed by atoms with Gasteiger partial charge in [0, 0.05) is 11.8 Å². The topological polar surface area (TPSA) is 18.5 Å². The summed E-state index contributed by atoms with van der Waals surface area (Å²) in [7, 11) is 0. The minimum atomic E-state index is 0.00502. The lowest BCUT2D eigenvalue weighted by Gasteiger charge is -2.44. The molecule has 0 aromatic rings. The van der Waals surface area contributed by atoms with Gasteiger partial charge in [-0.05, 0) is 11.8 Å². The molecule has 0 saturated carbocycles. The molecule has 2 atom stereocenters. The predicted molar refractivity (Wildman–Crippen MR) is 62.7 cm³/mol. The monoisotopic (exact) mass is 214 g/mol. The van der Waals surface area contributed by atoms with Crippen LogP contribution in [0.25, 0.3) is 0 Å². The molecular formula is C13H26O2. The van der Waals surface area contributed by atoms with Crippen molar-refractivity contribution < 1.29 is 9.47 Å². The highest BCUT2D eigenvalue weighted by molar-refractivity contribution is 4.84. The number of hydrogen-bond acceptors (Lipinski definition) is 2. The van der Waals surface area contributed by atoms with Crippen molar-refractivity contribution in [2.75, 3.05) is 6.61 Å². The van der Waals surface area contributed by atoms with Gasteiger partial charge in [0.15, 0.2) is 6.29 Å². The summed E-state index contributed by atoms with van der Waals surface area (Å²) in [6, 6.07) is 0. The Morgan fingerprint density at radius 2 is 1.80 bits per heavy atom. The van der Waals surface area contributed by atoms with Gasteiger partial charge in [-0.3, -0.25) is 0 Å². The molecule has 90 valence electrons. The Morgan fingerprint density at radius 3 is 2.27 bits per heavy atom. The molecule has 0 aromatic carbocycles. The largest absolute Gasteiger partial charge is 0.352 e. The van der Waals surface area contributed by atoms with Gasteiger partial charge in [-0.1, -0.05) is 41.5 Å². The zero-order valence-corrected chi connectivity index (χ0v) is 11.0. The molecule has 2 unspecified atom stereocenters. The van der Waals surface area contributed by atoms with Crippen LogP contribution in [0.4, 0.5) is 0 Å². The molecule has 1 rings (SSSR count). The van der Waals surface area contributed by atoms with Gasteiger partial charge in [-0.15, -0.1) is 0 Å². The highest BCUT2D eigenvalue weighted by Gasteiger charge is 2.39. The summed E-state index contributed by atoms with van der Waals surface area (Å²) in [6.07, 6.45) is 1.32. The lowest BCUT2D eigenvalue weighted by molar-refractivity contribution is -0.273. The molecule has 1 saturated heterocycles. The molecule has 15 heavy (non-hydrogen) atoms. The zero-order chi connectivity index (χ0) is 11.6.